The molecule has 1 aliphatic carbocycles. The van der Waals surface area contributed by atoms with Gasteiger partial charge in [0.2, 0.25) is 5.91 Å². The minimum absolute atomic E-state index is 0.117. The van der Waals surface area contributed by atoms with E-state index in [-0.39, 0.29) is 12.5 Å². The predicted octanol–water partition coefficient (Wildman–Crippen LogP) is 2.45. The third kappa shape index (κ3) is 3.78. The zero-order valence-corrected chi connectivity index (χ0v) is 11.1. The normalized spacial score (nSPS) is 20.8. The van der Waals surface area contributed by atoms with E-state index >= 15 is 0 Å². The van der Waals surface area contributed by atoms with Crippen LogP contribution in [0, 0.1) is 5.41 Å². The molecule has 1 aliphatic rings. The lowest BCUT2D eigenvalue weighted by atomic mass is 9.75. The van der Waals surface area contributed by atoms with E-state index in [2.05, 4.69) is 13.8 Å². The van der Waals surface area contributed by atoms with Crippen molar-refractivity contribution < 1.29 is 9.53 Å². The second-order valence-electron chi connectivity index (χ2n) is 5.54. The Morgan fingerprint density at radius 2 is 1.94 bits per heavy atom. The Morgan fingerprint density at radius 1 is 1.38 bits per heavy atom. The van der Waals surface area contributed by atoms with E-state index in [1.807, 2.05) is 18.9 Å². The Bertz CT molecular complexity index is 228. The van der Waals surface area contributed by atoms with Crippen molar-refractivity contribution >= 4 is 5.91 Å². The first kappa shape index (κ1) is 13.5. The highest BCUT2D eigenvalue weighted by Crippen LogP contribution is 2.36. The van der Waals surface area contributed by atoms with Gasteiger partial charge in [0.15, 0.2) is 0 Å². The maximum atomic E-state index is 11.8. The van der Waals surface area contributed by atoms with Crippen molar-refractivity contribution in [2.24, 2.45) is 5.41 Å². The average Bonchev–Trinajstić information content (AvgIpc) is 2.25. The molecular formula is C13H25NO2. The fourth-order valence-electron chi connectivity index (χ4n) is 2.27. The van der Waals surface area contributed by atoms with Crippen molar-refractivity contribution in [3.05, 3.63) is 0 Å². The van der Waals surface area contributed by atoms with Crippen molar-refractivity contribution in [2.75, 3.05) is 20.3 Å². The lowest BCUT2D eigenvalue weighted by molar-refractivity contribution is -0.137. The highest BCUT2D eigenvalue weighted by molar-refractivity contribution is 5.77. The molecule has 1 fully saturated rings. The molecule has 94 valence electrons. The largest absolute Gasteiger partial charge is 0.372 e. The highest BCUT2D eigenvalue weighted by Gasteiger charge is 2.30. The maximum absolute atomic E-state index is 11.8. The topological polar surface area (TPSA) is 29.5 Å². The van der Waals surface area contributed by atoms with Crippen LogP contribution in [0.5, 0.6) is 0 Å². The van der Waals surface area contributed by atoms with Gasteiger partial charge in [-0.25, -0.2) is 0 Å². The van der Waals surface area contributed by atoms with Gasteiger partial charge < -0.3 is 9.64 Å². The van der Waals surface area contributed by atoms with E-state index in [0.717, 1.165) is 12.8 Å². The molecule has 3 heteroatoms. The molecule has 0 unspecified atom stereocenters. The van der Waals surface area contributed by atoms with Gasteiger partial charge in [-0.15, -0.1) is 0 Å². The molecular weight excluding hydrogens is 202 g/mol. The number of ether oxygens (including phenoxy) is 1. The molecule has 0 radical (unpaired) electrons. The van der Waals surface area contributed by atoms with E-state index in [0.29, 0.717) is 18.1 Å². The maximum Gasteiger partial charge on any atom is 0.248 e. The Balaban J connectivity index is 2.38. The summed E-state index contributed by atoms with van der Waals surface area (Å²) in [6, 6.07) is 0.418. The van der Waals surface area contributed by atoms with Gasteiger partial charge in [0.1, 0.15) is 6.61 Å². The van der Waals surface area contributed by atoms with E-state index in [9.17, 15) is 4.79 Å². The van der Waals surface area contributed by atoms with Crippen molar-refractivity contribution in [1.29, 1.82) is 0 Å². The standard InChI is InChI=1S/C13H25NO2/c1-5-16-10-12(15)14(4)11-6-8-13(2,3)9-7-11/h11H,5-10H2,1-4H3. The van der Waals surface area contributed by atoms with Gasteiger partial charge in [-0.05, 0) is 38.0 Å². The smallest absolute Gasteiger partial charge is 0.248 e. The molecule has 0 aromatic rings. The SMILES string of the molecule is CCOCC(=O)N(C)C1CCC(C)(C)CC1. The third-order valence-electron chi connectivity index (χ3n) is 3.68. The summed E-state index contributed by atoms with van der Waals surface area (Å²) >= 11 is 0. The molecule has 0 saturated heterocycles. The summed E-state index contributed by atoms with van der Waals surface area (Å²) in [4.78, 5) is 13.6. The van der Waals surface area contributed by atoms with Crippen molar-refractivity contribution in [1.82, 2.24) is 4.90 Å². The Hall–Kier alpha value is -0.570. The first-order chi connectivity index (χ1) is 7.46. The van der Waals surface area contributed by atoms with Gasteiger partial charge in [-0.3, -0.25) is 4.79 Å². The number of nitrogens with zero attached hydrogens (tertiary/aromatic N) is 1. The molecule has 0 aliphatic heterocycles. The first-order valence-corrected chi connectivity index (χ1v) is 6.29. The molecule has 1 amide bonds. The summed E-state index contributed by atoms with van der Waals surface area (Å²) in [5, 5.41) is 0. The van der Waals surface area contributed by atoms with Crippen LogP contribution < -0.4 is 0 Å². The van der Waals surface area contributed by atoms with Crippen LogP contribution in [0.15, 0.2) is 0 Å². The van der Waals surface area contributed by atoms with Crippen LogP contribution in [0.25, 0.3) is 0 Å². The van der Waals surface area contributed by atoms with Crippen LogP contribution in [-0.2, 0) is 9.53 Å². The van der Waals surface area contributed by atoms with Crippen molar-refractivity contribution in [3.63, 3.8) is 0 Å². The third-order valence-corrected chi connectivity index (χ3v) is 3.68. The minimum Gasteiger partial charge on any atom is -0.372 e. The fourth-order valence-corrected chi connectivity index (χ4v) is 2.27. The zero-order chi connectivity index (χ0) is 12.2. The van der Waals surface area contributed by atoms with Crippen molar-refractivity contribution in [3.8, 4) is 0 Å². The molecule has 0 heterocycles. The number of amides is 1. The summed E-state index contributed by atoms with van der Waals surface area (Å²) in [5.74, 6) is 0.117. The minimum atomic E-state index is 0.117. The molecule has 0 aromatic heterocycles. The molecule has 0 spiro atoms. The average molecular weight is 227 g/mol. The Morgan fingerprint density at radius 3 is 2.44 bits per heavy atom. The molecule has 16 heavy (non-hydrogen) atoms. The van der Waals surface area contributed by atoms with Crippen LogP contribution in [0.2, 0.25) is 0 Å². The number of carbonyl (C=O) groups excluding carboxylic acids is 1. The van der Waals surface area contributed by atoms with Crippen molar-refractivity contribution in [2.45, 2.75) is 52.5 Å². The second-order valence-corrected chi connectivity index (χ2v) is 5.54. The lowest BCUT2D eigenvalue weighted by Crippen LogP contribution is -2.42. The quantitative estimate of drug-likeness (QED) is 0.738. The van der Waals surface area contributed by atoms with Crippen LogP contribution in [0.4, 0.5) is 0 Å². The molecule has 0 aromatic carbocycles. The zero-order valence-electron chi connectivity index (χ0n) is 11.1. The summed E-state index contributed by atoms with van der Waals surface area (Å²) in [6.45, 7) is 7.37. The summed E-state index contributed by atoms with van der Waals surface area (Å²) < 4.78 is 5.16. The number of carbonyl (C=O) groups is 1. The number of hydrogen-bond acceptors (Lipinski definition) is 2. The van der Waals surface area contributed by atoms with E-state index in [1.54, 1.807) is 0 Å². The molecule has 0 bridgehead atoms. The lowest BCUT2D eigenvalue weighted by Gasteiger charge is -2.38. The predicted molar refractivity (Wildman–Crippen MR) is 65.3 cm³/mol. The highest BCUT2D eigenvalue weighted by atomic mass is 16.5. The molecule has 0 N–H and O–H groups in total. The summed E-state index contributed by atoms with van der Waals surface area (Å²) in [6.07, 6.45) is 4.68. The Kier molecular flexibility index (Phi) is 4.78. The van der Waals surface area contributed by atoms with E-state index in [1.165, 1.54) is 12.8 Å². The molecule has 3 nitrogen and oxygen atoms in total. The molecule has 0 atom stereocenters. The summed E-state index contributed by atoms with van der Waals surface area (Å²) in [5.41, 5.74) is 0.459. The second kappa shape index (κ2) is 5.67. The van der Waals surface area contributed by atoms with Crippen LogP contribution in [-0.4, -0.2) is 37.1 Å². The molecule has 1 saturated carbocycles. The van der Waals surface area contributed by atoms with E-state index in [4.69, 9.17) is 4.74 Å². The number of rotatable bonds is 4. The van der Waals surface area contributed by atoms with Gasteiger partial charge in [-0.2, -0.15) is 0 Å². The fraction of sp³-hybridized carbons (Fsp3) is 0.923. The Labute approximate surface area is 99.1 Å². The van der Waals surface area contributed by atoms with Gasteiger partial charge in [0.25, 0.3) is 0 Å². The van der Waals surface area contributed by atoms with Crippen LogP contribution in [0.1, 0.15) is 46.5 Å². The van der Waals surface area contributed by atoms with Crippen LogP contribution in [0.3, 0.4) is 0 Å². The monoisotopic (exact) mass is 227 g/mol. The number of hydrogen-bond donors (Lipinski definition) is 0. The van der Waals surface area contributed by atoms with Gasteiger partial charge >= 0.3 is 0 Å². The molecule has 1 rings (SSSR count). The van der Waals surface area contributed by atoms with Gasteiger partial charge in [0.05, 0.1) is 0 Å². The first-order valence-electron chi connectivity index (χ1n) is 6.29. The number of likely N-dealkylation sites (N-methyl/N-ethyl adjacent to an activating group) is 1. The van der Waals surface area contributed by atoms with E-state index < -0.39 is 0 Å². The van der Waals surface area contributed by atoms with Gasteiger partial charge in [-0.1, -0.05) is 13.8 Å². The summed E-state index contributed by atoms with van der Waals surface area (Å²) in [7, 11) is 1.91. The van der Waals surface area contributed by atoms with Crippen LogP contribution >= 0.6 is 0 Å². The van der Waals surface area contributed by atoms with Gasteiger partial charge in [0, 0.05) is 19.7 Å².